The maximum atomic E-state index is 13.4. The number of hydrogen-bond acceptors (Lipinski definition) is 4. The van der Waals surface area contributed by atoms with Crippen LogP contribution >= 0.6 is 28.1 Å². The van der Waals surface area contributed by atoms with E-state index < -0.39 is 0 Å². The highest BCUT2D eigenvalue weighted by molar-refractivity contribution is 9.10. The van der Waals surface area contributed by atoms with Gasteiger partial charge in [0.25, 0.3) is 0 Å². The lowest BCUT2D eigenvalue weighted by atomic mass is 10.0. The molecule has 1 fully saturated rings. The quantitative estimate of drug-likeness (QED) is 0.508. The van der Waals surface area contributed by atoms with Crippen molar-refractivity contribution in [2.24, 2.45) is 0 Å². The summed E-state index contributed by atoms with van der Waals surface area (Å²) in [6.45, 7) is 0.665. The van der Waals surface area contributed by atoms with Crippen LogP contribution in [0.3, 0.4) is 0 Å². The SMILES string of the molecule is OCCCN1C(=S)N[C@@H](c2ccccn2)[C@H]1c1ccc(-c2ccc(F)cc2Br)o1. The molecule has 0 saturated carbocycles. The highest BCUT2D eigenvalue weighted by Gasteiger charge is 2.41. The van der Waals surface area contributed by atoms with E-state index in [1.807, 2.05) is 35.2 Å². The van der Waals surface area contributed by atoms with E-state index >= 15 is 0 Å². The molecule has 1 aliphatic heterocycles. The smallest absolute Gasteiger partial charge is 0.170 e. The first-order valence-electron chi connectivity index (χ1n) is 9.22. The molecule has 2 atom stereocenters. The number of nitrogens with one attached hydrogen (secondary N) is 1. The number of furan rings is 1. The number of benzene rings is 1. The first-order valence-corrected chi connectivity index (χ1v) is 10.4. The molecular formula is C21H19BrFN3O2S. The van der Waals surface area contributed by atoms with Crippen molar-refractivity contribution in [3.63, 3.8) is 0 Å². The maximum Gasteiger partial charge on any atom is 0.170 e. The van der Waals surface area contributed by atoms with Gasteiger partial charge in [-0.05, 0) is 77.0 Å². The molecule has 0 radical (unpaired) electrons. The zero-order valence-electron chi connectivity index (χ0n) is 15.4. The average molecular weight is 476 g/mol. The minimum atomic E-state index is -0.317. The van der Waals surface area contributed by atoms with Gasteiger partial charge >= 0.3 is 0 Å². The number of halogens is 2. The predicted octanol–water partition coefficient (Wildman–Crippen LogP) is 4.60. The Morgan fingerprint density at radius 1 is 1.24 bits per heavy atom. The summed E-state index contributed by atoms with van der Waals surface area (Å²) in [4.78, 5) is 6.51. The Kier molecular flexibility index (Phi) is 5.94. The van der Waals surface area contributed by atoms with E-state index in [-0.39, 0.29) is 24.5 Å². The fourth-order valence-corrected chi connectivity index (χ4v) is 4.42. The molecule has 150 valence electrons. The molecule has 0 aliphatic carbocycles. The van der Waals surface area contributed by atoms with E-state index in [9.17, 15) is 9.50 Å². The van der Waals surface area contributed by atoms with Gasteiger partial charge in [0.1, 0.15) is 23.4 Å². The topological polar surface area (TPSA) is 61.5 Å². The molecule has 29 heavy (non-hydrogen) atoms. The molecule has 1 aliphatic rings. The molecule has 3 heterocycles. The van der Waals surface area contributed by atoms with Gasteiger partial charge in [-0.25, -0.2) is 4.39 Å². The van der Waals surface area contributed by atoms with Gasteiger partial charge in [0.2, 0.25) is 0 Å². The lowest BCUT2D eigenvalue weighted by molar-refractivity contribution is 0.233. The summed E-state index contributed by atoms with van der Waals surface area (Å²) in [6.07, 6.45) is 2.33. The van der Waals surface area contributed by atoms with E-state index in [1.54, 1.807) is 12.3 Å². The van der Waals surface area contributed by atoms with Crippen LogP contribution < -0.4 is 5.32 Å². The van der Waals surface area contributed by atoms with Crippen molar-refractivity contribution in [3.8, 4) is 11.3 Å². The van der Waals surface area contributed by atoms with Crippen LogP contribution in [0.25, 0.3) is 11.3 Å². The molecule has 5 nitrogen and oxygen atoms in total. The zero-order valence-corrected chi connectivity index (χ0v) is 17.8. The Balaban J connectivity index is 1.72. The fourth-order valence-electron chi connectivity index (χ4n) is 3.54. The third kappa shape index (κ3) is 4.05. The van der Waals surface area contributed by atoms with E-state index in [2.05, 4.69) is 26.2 Å². The molecule has 0 unspecified atom stereocenters. The van der Waals surface area contributed by atoms with Crippen LogP contribution in [-0.4, -0.2) is 33.3 Å². The Labute approximate surface area is 181 Å². The average Bonchev–Trinajstić information content (AvgIpc) is 3.31. The van der Waals surface area contributed by atoms with E-state index in [0.717, 1.165) is 17.0 Å². The molecule has 0 amide bonds. The van der Waals surface area contributed by atoms with Crippen molar-refractivity contribution in [1.82, 2.24) is 15.2 Å². The molecule has 2 aromatic heterocycles. The normalized spacial score (nSPS) is 18.9. The standard InChI is InChI=1S/C21H19BrFN3O2S/c22-15-12-13(23)5-6-14(15)17-7-8-18(28-17)20-19(16-4-1-2-9-24-16)25-21(29)26(20)10-3-11-27/h1-2,4-9,12,19-20,27H,3,10-11H2,(H,25,29)/t19-,20+/m0/s1. The number of aliphatic hydroxyl groups excluding tert-OH is 1. The second-order valence-corrected chi connectivity index (χ2v) is 7.96. The zero-order chi connectivity index (χ0) is 20.4. The van der Waals surface area contributed by atoms with Crippen LogP contribution in [0, 0.1) is 5.82 Å². The Hall–Kier alpha value is -2.29. The molecule has 8 heteroatoms. The summed E-state index contributed by atoms with van der Waals surface area (Å²) in [5, 5.41) is 13.2. The summed E-state index contributed by atoms with van der Waals surface area (Å²) < 4.78 is 20.3. The lowest BCUT2D eigenvalue weighted by Gasteiger charge is -2.25. The van der Waals surface area contributed by atoms with Crippen LogP contribution in [0.4, 0.5) is 4.39 Å². The summed E-state index contributed by atoms with van der Waals surface area (Å²) in [5.41, 5.74) is 1.62. The van der Waals surface area contributed by atoms with Gasteiger partial charge in [-0.3, -0.25) is 4.98 Å². The van der Waals surface area contributed by atoms with E-state index in [1.165, 1.54) is 12.1 Å². The van der Waals surface area contributed by atoms with Crippen molar-refractivity contribution in [2.45, 2.75) is 18.5 Å². The van der Waals surface area contributed by atoms with Crippen LogP contribution in [0.2, 0.25) is 0 Å². The van der Waals surface area contributed by atoms with Crippen LogP contribution in [0.5, 0.6) is 0 Å². The van der Waals surface area contributed by atoms with Gasteiger partial charge in [-0.15, -0.1) is 0 Å². The van der Waals surface area contributed by atoms with Crippen molar-refractivity contribution in [1.29, 1.82) is 0 Å². The molecule has 0 spiro atoms. The molecule has 4 rings (SSSR count). The van der Waals surface area contributed by atoms with Crippen LogP contribution in [0.1, 0.15) is 30.0 Å². The number of pyridine rings is 1. The van der Waals surface area contributed by atoms with Crippen molar-refractivity contribution < 1.29 is 13.9 Å². The van der Waals surface area contributed by atoms with Crippen LogP contribution in [-0.2, 0) is 0 Å². The van der Waals surface area contributed by atoms with E-state index in [0.29, 0.717) is 28.3 Å². The molecule has 0 bridgehead atoms. The number of thiocarbonyl (C=S) groups is 1. The molecule has 3 aromatic rings. The fraction of sp³-hybridized carbons (Fsp3) is 0.238. The van der Waals surface area contributed by atoms with Gasteiger partial charge in [0.15, 0.2) is 5.11 Å². The highest BCUT2D eigenvalue weighted by Crippen LogP contribution is 2.41. The summed E-state index contributed by atoms with van der Waals surface area (Å²) in [5.74, 6) is 1.03. The monoisotopic (exact) mass is 475 g/mol. The van der Waals surface area contributed by atoms with Gasteiger partial charge in [-0.2, -0.15) is 0 Å². The molecular weight excluding hydrogens is 457 g/mol. The molecule has 2 N–H and O–H groups in total. The van der Waals surface area contributed by atoms with Gasteiger partial charge in [-0.1, -0.05) is 6.07 Å². The van der Waals surface area contributed by atoms with Gasteiger partial charge in [0.05, 0.1) is 11.7 Å². The molecule has 1 saturated heterocycles. The predicted molar refractivity (Wildman–Crippen MR) is 116 cm³/mol. The number of hydrogen-bond donors (Lipinski definition) is 2. The minimum Gasteiger partial charge on any atom is -0.459 e. The lowest BCUT2D eigenvalue weighted by Crippen LogP contribution is -2.30. The Morgan fingerprint density at radius 2 is 2.10 bits per heavy atom. The Morgan fingerprint density at radius 3 is 2.83 bits per heavy atom. The largest absolute Gasteiger partial charge is 0.459 e. The second-order valence-electron chi connectivity index (χ2n) is 6.72. The number of nitrogens with zero attached hydrogens (tertiary/aromatic N) is 2. The van der Waals surface area contributed by atoms with Crippen molar-refractivity contribution in [2.75, 3.05) is 13.2 Å². The van der Waals surface area contributed by atoms with Crippen molar-refractivity contribution in [3.05, 3.63) is 76.5 Å². The first-order chi connectivity index (χ1) is 14.1. The number of aromatic nitrogens is 1. The third-order valence-corrected chi connectivity index (χ3v) is 5.88. The summed E-state index contributed by atoms with van der Waals surface area (Å²) >= 11 is 8.96. The third-order valence-electron chi connectivity index (χ3n) is 4.87. The minimum absolute atomic E-state index is 0.0754. The maximum absolute atomic E-state index is 13.4. The first kappa shape index (κ1) is 20.0. The van der Waals surface area contributed by atoms with Crippen molar-refractivity contribution >= 4 is 33.3 Å². The molecule has 1 aromatic carbocycles. The Bertz CT molecular complexity index is 1010. The highest BCUT2D eigenvalue weighted by atomic mass is 79.9. The van der Waals surface area contributed by atoms with Gasteiger partial charge < -0.3 is 19.7 Å². The summed E-state index contributed by atoms with van der Waals surface area (Å²) in [6, 6.07) is 13.6. The number of rotatable bonds is 6. The van der Waals surface area contributed by atoms with E-state index in [4.69, 9.17) is 16.6 Å². The van der Waals surface area contributed by atoms with Crippen LogP contribution in [0.15, 0.2) is 63.6 Å². The summed E-state index contributed by atoms with van der Waals surface area (Å²) in [7, 11) is 0. The number of aliphatic hydroxyl groups is 1. The van der Waals surface area contributed by atoms with Gasteiger partial charge in [0, 0.05) is 29.4 Å². The second kappa shape index (κ2) is 8.61.